The third-order valence-corrected chi connectivity index (χ3v) is 5.20. The average molecular weight is 395 g/mol. The molecule has 1 heterocycles. The lowest BCUT2D eigenvalue weighted by Gasteiger charge is -2.29. The van der Waals surface area contributed by atoms with Crippen LogP contribution >= 0.6 is 0 Å². The highest BCUT2D eigenvalue weighted by atomic mass is 16.4. The second-order valence-electron chi connectivity index (χ2n) is 7.54. The van der Waals surface area contributed by atoms with Crippen molar-refractivity contribution in [2.24, 2.45) is 5.10 Å². The van der Waals surface area contributed by atoms with E-state index in [2.05, 4.69) is 41.7 Å². The van der Waals surface area contributed by atoms with Crippen LogP contribution in [0.2, 0.25) is 0 Å². The minimum atomic E-state index is -1.22. The molecule has 1 aliphatic heterocycles. The molecule has 0 unspecified atom stereocenters. The van der Waals surface area contributed by atoms with Gasteiger partial charge in [-0.2, -0.15) is 5.10 Å². The number of rotatable bonds is 7. The summed E-state index contributed by atoms with van der Waals surface area (Å²) in [6.07, 6.45) is 1.50. The molecule has 7 heteroatoms. The number of carbonyl (C=O) groups is 2. The molecule has 1 aliphatic rings. The molecule has 0 spiro atoms. The maximum absolute atomic E-state index is 12.1. The Kier molecular flexibility index (Phi) is 7.10. The van der Waals surface area contributed by atoms with Crippen LogP contribution in [0.1, 0.15) is 27.0 Å². The summed E-state index contributed by atoms with van der Waals surface area (Å²) < 4.78 is 0. The summed E-state index contributed by atoms with van der Waals surface area (Å²) >= 11 is 0. The molecule has 2 aromatic carbocycles. The number of quaternary nitrogens is 2. The smallest absolute Gasteiger partial charge is 0.295 e. The number of nitrogens with one attached hydrogen (secondary N) is 3. The number of benzene rings is 2. The molecular formula is C22H27N4O3+. The zero-order valence-corrected chi connectivity index (χ0v) is 16.6. The third-order valence-electron chi connectivity index (χ3n) is 5.20. The number of nitrogens with zero attached hydrogens (tertiary/aromatic N) is 1. The van der Waals surface area contributed by atoms with Gasteiger partial charge in [-0.3, -0.25) is 4.79 Å². The molecule has 7 nitrogen and oxygen atoms in total. The molecule has 3 N–H and O–H groups in total. The van der Waals surface area contributed by atoms with Gasteiger partial charge in [-0.15, -0.1) is 0 Å². The lowest BCUT2D eigenvalue weighted by atomic mass is 10.1. The van der Waals surface area contributed by atoms with Crippen molar-refractivity contribution in [2.45, 2.75) is 13.5 Å². The van der Waals surface area contributed by atoms with Gasteiger partial charge in [0, 0.05) is 5.56 Å². The van der Waals surface area contributed by atoms with Crippen LogP contribution in [0.15, 0.2) is 53.6 Å². The highest BCUT2D eigenvalue weighted by Gasteiger charge is 2.24. The van der Waals surface area contributed by atoms with Crippen molar-refractivity contribution in [3.63, 3.8) is 0 Å². The number of aromatic carboxylic acids is 1. The van der Waals surface area contributed by atoms with E-state index in [1.807, 2.05) is 0 Å². The number of hydrogen-bond donors (Lipinski definition) is 3. The predicted molar refractivity (Wildman–Crippen MR) is 108 cm³/mol. The van der Waals surface area contributed by atoms with Crippen molar-refractivity contribution in [3.05, 3.63) is 70.8 Å². The van der Waals surface area contributed by atoms with Crippen LogP contribution in [0.25, 0.3) is 0 Å². The summed E-state index contributed by atoms with van der Waals surface area (Å²) in [4.78, 5) is 25.7. The molecule has 152 valence electrons. The van der Waals surface area contributed by atoms with E-state index in [4.69, 9.17) is 0 Å². The second-order valence-corrected chi connectivity index (χ2v) is 7.54. The minimum absolute atomic E-state index is 0.110. The molecule has 1 saturated heterocycles. The number of hydrogen-bond acceptors (Lipinski definition) is 4. The first kappa shape index (κ1) is 20.7. The van der Waals surface area contributed by atoms with Crippen LogP contribution in [0.5, 0.6) is 0 Å². The largest absolute Gasteiger partial charge is 0.545 e. The number of aryl methyl sites for hydroxylation is 1. The van der Waals surface area contributed by atoms with Gasteiger partial charge < -0.3 is 19.7 Å². The first-order chi connectivity index (χ1) is 14.0. The summed E-state index contributed by atoms with van der Waals surface area (Å²) in [6, 6.07) is 14.8. The molecule has 1 fully saturated rings. The molecule has 3 rings (SSSR count). The molecule has 29 heavy (non-hydrogen) atoms. The Morgan fingerprint density at radius 3 is 2.24 bits per heavy atom. The van der Waals surface area contributed by atoms with Gasteiger partial charge in [0.05, 0.1) is 12.2 Å². The summed E-state index contributed by atoms with van der Waals surface area (Å²) in [7, 11) is 0. The van der Waals surface area contributed by atoms with E-state index in [0.717, 1.165) is 32.7 Å². The topological polar surface area (TPSA) is 90.5 Å². The van der Waals surface area contributed by atoms with Crippen molar-refractivity contribution in [1.29, 1.82) is 0 Å². The van der Waals surface area contributed by atoms with Crippen molar-refractivity contribution < 1.29 is 24.5 Å². The molecule has 2 aromatic rings. The lowest BCUT2D eigenvalue weighted by Crippen LogP contribution is -3.28. The van der Waals surface area contributed by atoms with Crippen LogP contribution in [-0.2, 0) is 11.3 Å². The second kappa shape index (κ2) is 9.95. The fourth-order valence-electron chi connectivity index (χ4n) is 3.46. The van der Waals surface area contributed by atoms with Crippen molar-refractivity contribution in [1.82, 2.24) is 5.43 Å². The molecular weight excluding hydrogens is 368 g/mol. The monoisotopic (exact) mass is 395 g/mol. The van der Waals surface area contributed by atoms with E-state index in [0.29, 0.717) is 12.1 Å². The summed E-state index contributed by atoms with van der Waals surface area (Å²) in [6.45, 7) is 7.54. The van der Waals surface area contributed by atoms with Gasteiger partial charge in [-0.1, -0.05) is 54.1 Å². The van der Waals surface area contributed by atoms with Crippen LogP contribution in [0.4, 0.5) is 0 Å². The van der Waals surface area contributed by atoms with E-state index in [1.165, 1.54) is 34.4 Å². The zero-order chi connectivity index (χ0) is 20.6. The zero-order valence-electron chi connectivity index (χ0n) is 16.6. The molecule has 1 amide bonds. The van der Waals surface area contributed by atoms with Crippen LogP contribution in [0.3, 0.4) is 0 Å². The van der Waals surface area contributed by atoms with Gasteiger partial charge >= 0.3 is 0 Å². The fourth-order valence-corrected chi connectivity index (χ4v) is 3.46. The normalized spacial score (nSPS) is 19.2. The first-order valence-corrected chi connectivity index (χ1v) is 9.85. The fraction of sp³-hybridized carbons (Fsp3) is 0.318. The van der Waals surface area contributed by atoms with E-state index in [1.54, 1.807) is 17.0 Å². The summed E-state index contributed by atoms with van der Waals surface area (Å²) in [5, 5.41) is 14.7. The van der Waals surface area contributed by atoms with Gasteiger partial charge in [-0.05, 0) is 18.1 Å². The van der Waals surface area contributed by atoms with Crippen molar-refractivity contribution >= 4 is 18.1 Å². The van der Waals surface area contributed by atoms with Gasteiger partial charge in [0.1, 0.15) is 32.7 Å². The summed E-state index contributed by atoms with van der Waals surface area (Å²) in [5.41, 5.74) is 5.99. The number of amides is 1. The molecule has 0 bridgehead atoms. The minimum Gasteiger partial charge on any atom is -0.545 e. The number of hydrazone groups is 1. The Hall–Kier alpha value is -3.03. The first-order valence-electron chi connectivity index (χ1n) is 9.85. The highest BCUT2D eigenvalue weighted by molar-refractivity contribution is 5.88. The van der Waals surface area contributed by atoms with Crippen LogP contribution in [0, 0.1) is 6.92 Å². The summed E-state index contributed by atoms with van der Waals surface area (Å²) in [5.74, 6) is -1.34. The average Bonchev–Trinajstić information content (AvgIpc) is 2.71. The Labute approximate surface area is 170 Å². The Balaban J connectivity index is 1.38. The van der Waals surface area contributed by atoms with E-state index in [9.17, 15) is 14.7 Å². The number of carboxylic acid groups (broad SMARTS) is 1. The Morgan fingerprint density at radius 2 is 1.62 bits per heavy atom. The van der Waals surface area contributed by atoms with E-state index >= 15 is 0 Å². The number of piperazine rings is 1. The highest BCUT2D eigenvalue weighted by Crippen LogP contribution is 2.02. The van der Waals surface area contributed by atoms with Crippen molar-refractivity contribution in [3.8, 4) is 0 Å². The SMILES string of the molecule is Cc1ccc(C[NH+]2CC[NH+](CC(=O)N/N=C\c3ccc(C(=O)[O-])cc3)CC2)cc1. The molecule has 0 saturated carbocycles. The third kappa shape index (κ3) is 6.51. The van der Waals surface area contributed by atoms with Gasteiger partial charge in [-0.25, -0.2) is 5.43 Å². The Bertz CT molecular complexity index is 855. The van der Waals surface area contributed by atoms with Crippen LogP contribution in [-0.4, -0.2) is 50.8 Å². The maximum atomic E-state index is 12.1. The molecule has 0 aromatic heterocycles. The molecule has 0 aliphatic carbocycles. The van der Waals surface area contributed by atoms with Gasteiger partial charge in [0.2, 0.25) is 0 Å². The van der Waals surface area contributed by atoms with Crippen LogP contribution < -0.4 is 20.3 Å². The number of carboxylic acids is 1. The molecule has 0 radical (unpaired) electrons. The van der Waals surface area contributed by atoms with Gasteiger partial charge in [0.15, 0.2) is 6.54 Å². The lowest BCUT2D eigenvalue weighted by molar-refractivity contribution is -1.02. The van der Waals surface area contributed by atoms with E-state index in [-0.39, 0.29) is 11.5 Å². The standard InChI is InChI=1S/C22H26N4O3/c1-17-2-4-19(5-3-17)15-25-10-12-26(13-11-25)16-21(27)24-23-14-18-6-8-20(9-7-18)22(28)29/h2-9,14H,10-13,15-16H2,1H3,(H,24,27)(H,28,29)/p+1/b23-14-. The number of carbonyl (C=O) groups excluding carboxylic acids is 2. The van der Waals surface area contributed by atoms with Crippen molar-refractivity contribution in [2.75, 3.05) is 32.7 Å². The maximum Gasteiger partial charge on any atom is 0.295 e. The Morgan fingerprint density at radius 1 is 1.00 bits per heavy atom. The predicted octanol–water partition coefficient (Wildman–Crippen LogP) is -2.21. The van der Waals surface area contributed by atoms with Gasteiger partial charge in [0.25, 0.3) is 5.91 Å². The van der Waals surface area contributed by atoms with E-state index < -0.39 is 5.97 Å². The molecule has 0 atom stereocenters. The quantitative estimate of drug-likeness (QED) is 0.367.